The van der Waals surface area contributed by atoms with Crippen molar-refractivity contribution in [1.82, 2.24) is 5.32 Å². The van der Waals surface area contributed by atoms with Crippen molar-refractivity contribution in [3.8, 4) is 5.75 Å². The predicted molar refractivity (Wildman–Crippen MR) is 59.7 cm³/mol. The highest BCUT2D eigenvalue weighted by molar-refractivity contribution is 6.32. The molecule has 1 unspecified atom stereocenters. The Balaban J connectivity index is 2.40. The lowest BCUT2D eigenvalue weighted by Gasteiger charge is -2.25. The molecule has 0 aromatic heterocycles. The number of hydrogen-bond acceptors (Lipinski definition) is 3. The molecule has 0 aliphatic carbocycles. The molecule has 0 radical (unpaired) electrons. The van der Waals surface area contributed by atoms with Crippen LogP contribution in [0.25, 0.3) is 0 Å². The van der Waals surface area contributed by atoms with Crippen LogP contribution >= 0.6 is 11.6 Å². The highest BCUT2D eigenvalue weighted by atomic mass is 35.5. The van der Waals surface area contributed by atoms with Crippen molar-refractivity contribution >= 4 is 11.6 Å². The Morgan fingerprint density at radius 2 is 2.11 bits per heavy atom. The van der Waals surface area contributed by atoms with Crippen molar-refractivity contribution in [2.45, 2.75) is 12.3 Å². The monoisotopic (exact) mass is 281 g/mol. The first-order valence-electron chi connectivity index (χ1n) is 5.31. The summed E-state index contributed by atoms with van der Waals surface area (Å²) in [4.78, 5) is 0. The highest BCUT2D eigenvalue weighted by Crippen LogP contribution is 2.41. The van der Waals surface area contributed by atoms with E-state index < -0.39 is 23.6 Å². The van der Waals surface area contributed by atoms with Gasteiger partial charge in [-0.1, -0.05) is 11.6 Å². The fourth-order valence-corrected chi connectivity index (χ4v) is 2.03. The number of nitrogens with one attached hydrogen (secondary N) is 1. The number of aromatic hydroxyl groups is 1. The molecule has 2 rings (SSSR count). The largest absolute Gasteiger partial charge is 0.506 e. The van der Waals surface area contributed by atoms with Crippen molar-refractivity contribution in [2.24, 2.45) is 0 Å². The van der Waals surface area contributed by atoms with Crippen molar-refractivity contribution in [1.29, 1.82) is 0 Å². The van der Waals surface area contributed by atoms with Crippen LogP contribution in [-0.4, -0.2) is 24.8 Å². The second kappa shape index (κ2) is 4.95. The van der Waals surface area contributed by atoms with Crippen molar-refractivity contribution in [3.63, 3.8) is 0 Å². The Labute approximate surface area is 107 Å². The zero-order valence-corrected chi connectivity index (χ0v) is 9.98. The van der Waals surface area contributed by atoms with Crippen LogP contribution in [0.4, 0.5) is 13.2 Å². The molecule has 1 atom stereocenters. The van der Waals surface area contributed by atoms with Crippen molar-refractivity contribution in [2.75, 3.05) is 19.7 Å². The maximum absolute atomic E-state index is 12.7. The number of hydrogen-bond donors (Lipinski definition) is 2. The lowest BCUT2D eigenvalue weighted by Crippen LogP contribution is -2.33. The standard InChI is InChI=1S/C11H11ClF3NO2/c12-8-4-6(9-5-16-1-2-18-9)3-7(10(8)17)11(13,14)15/h3-4,9,16-17H,1-2,5H2. The number of morpholine rings is 1. The molecule has 0 amide bonds. The number of benzene rings is 1. The van der Waals surface area contributed by atoms with Gasteiger partial charge in [-0.25, -0.2) is 0 Å². The number of phenols is 1. The first-order valence-corrected chi connectivity index (χ1v) is 5.69. The van der Waals surface area contributed by atoms with E-state index in [1.807, 2.05) is 0 Å². The van der Waals surface area contributed by atoms with Gasteiger partial charge in [0.05, 0.1) is 23.3 Å². The molecule has 0 bridgehead atoms. The predicted octanol–water partition coefficient (Wildman–Crippen LogP) is 2.73. The minimum absolute atomic E-state index is 0.303. The fraction of sp³-hybridized carbons (Fsp3) is 0.455. The Kier molecular flexibility index (Phi) is 3.70. The SMILES string of the molecule is Oc1c(Cl)cc(C2CNCCO2)cc1C(F)(F)F. The molecule has 0 saturated carbocycles. The van der Waals surface area contributed by atoms with Gasteiger partial charge in [0.1, 0.15) is 5.75 Å². The summed E-state index contributed by atoms with van der Waals surface area (Å²) in [5.41, 5.74) is -0.837. The molecule has 1 fully saturated rings. The topological polar surface area (TPSA) is 41.5 Å². The fourth-order valence-electron chi connectivity index (χ4n) is 1.80. The summed E-state index contributed by atoms with van der Waals surface area (Å²) in [6.45, 7) is 1.50. The normalized spacial score (nSPS) is 21.0. The third kappa shape index (κ3) is 2.71. The zero-order chi connectivity index (χ0) is 13.3. The van der Waals surface area contributed by atoms with E-state index in [4.69, 9.17) is 16.3 Å². The molecular weight excluding hydrogens is 271 g/mol. The number of ether oxygens (including phenoxy) is 1. The molecule has 1 heterocycles. The van der Waals surface area contributed by atoms with Crippen LogP contribution in [0.2, 0.25) is 5.02 Å². The number of alkyl halides is 3. The van der Waals surface area contributed by atoms with Crippen LogP contribution in [0.3, 0.4) is 0 Å². The van der Waals surface area contributed by atoms with Crippen molar-refractivity contribution < 1.29 is 23.0 Å². The Morgan fingerprint density at radius 1 is 1.39 bits per heavy atom. The van der Waals surface area contributed by atoms with Crippen LogP contribution in [0.15, 0.2) is 12.1 Å². The lowest BCUT2D eigenvalue weighted by atomic mass is 10.0. The summed E-state index contributed by atoms with van der Waals surface area (Å²) >= 11 is 5.62. The summed E-state index contributed by atoms with van der Waals surface area (Å²) in [6.07, 6.45) is -5.14. The van der Waals surface area contributed by atoms with Crippen LogP contribution in [0, 0.1) is 0 Å². The summed E-state index contributed by atoms with van der Waals surface area (Å²) in [5, 5.41) is 12.0. The van der Waals surface area contributed by atoms with Crippen LogP contribution in [-0.2, 0) is 10.9 Å². The smallest absolute Gasteiger partial charge is 0.420 e. The third-order valence-corrected chi connectivity index (χ3v) is 2.98. The summed E-state index contributed by atoms with van der Waals surface area (Å²) in [6, 6.07) is 2.17. The first kappa shape index (κ1) is 13.5. The van der Waals surface area contributed by atoms with E-state index >= 15 is 0 Å². The van der Waals surface area contributed by atoms with Crippen LogP contribution < -0.4 is 5.32 Å². The van der Waals surface area contributed by atoms with Gasteiger partial charge in [-0.2, -0.15) is 13.2 Å². The van der Waals surface area contributed by atoms with Gasteiger partial charge < -0.3 is 15.2 Å². The molecular formula is C11H11ClF3NO2. The molecule has 1 saturated heterocycles. The molecule has 18 heavy (non-hydrogen) atoms. The summed E-state index contributed by atoms with van der Waals surface area (Å²) < 4.78 is 43.5. The molecule has 1 aliphatic rings. The molecule has 3 nitrogen and oxygen atoms in total. The average molecular weight is 282 g/mol. The second-order valence-electron chi connectivity index (χ2n) is 3.96. The van der Waals surface area contributed by atoms with Gasteiger partial charge in [-0.15, -0.1) is 0 Å². The quantitative estimate of drug-likeness (QED) is 0.832. The number of phenolic OH excluding ortho intramolecular Hbond substituents is 1. The number of rotatable bonds is 1. The van der Waals surface area contributed by atoms with E-state index in [1.54, 1.807) is 0 Å². The van der Waals surface area contributed by atoms with Gasteiger partial charge in [-0.3, -0.25) is 0 Å². The molecule has 1 aliphatic heterocycles. The van der Waals surface area contributed by atoms with E-state index in [-0.39, 0.29) is 5.02 Å². The summed E-state index contributed by atoms with van der Waals surface area (Å²) in [5.74, 6) is -0.948. The molecule has 0 spiro atoms. The van der Waals surface area contributed by atoms with Crippen LogP contribution in [0.1, 0.15) is 17.2 Å². The molecule has 2 N–H and O–H groups in total. The maximum Gasteiger partial charge on any atom is 0.420 e. The molecule has 1 aromatic rings. The average Bonchev–Trinajstić information content (AvgIpc) is 2.32. The minimum atomic E-state index is -4.65. The van der Waals surface area contributed by atoms with E-state index in [9.17, 15) is 18.3 Å². The molecule has 7 heteroatoms. The van der Waals surface area contributed by atoms with E-state index in [0.29, 0.717) is 25.3 Å². The van der Waals surface area contributed by atoms with E-state index in [0.717, 1.165) is 6.07 Å². The van der Waals surface area contributed by atoms with E-state index in [1.165, 1.54) is 6.07 Å². The Hall–Kier alpha value is -0.980. The van der Waals surface area contributed by atoms with Gasteiger partial charge in [0, 0.05) is 13.1 Å². The summed E-state index contributed by atoms with van der Waals surface area (Å²) in [7, 11) is 0. The molecule has 100 valence electrons. The van der Waals surface area contributed by atoms with Crippen LogP contribution in [0.5, 0.6) is 5.75 Å². The van der Waals surface area contributed by atoms with Gasteiger partial charge >= 0.3 is 6.18 Å². The Morgan fingerprint density at radius 3 is 2.67 bits per heavy atom. The maximum atomic E-state index is 12.7. The van der Waals surface area contributed by atoms with E-state index in [2.05, 4.69) is 5.32 Å². The number of halogens is 4. The van der Waals surface area contributed by atoms with Crippen molar-refractivity contribution in [3.05, 3.63) is 28.3 Å². The minimum Gasteiger partial charge on any atom is -0.506 e. The first-order chi connectivity index (χ1) is 8.39. The molecule has 1 aromatic carbocycles. The third-order valence-electron chi connectivity index (χ3n) is 2.69. The van der Waals surface area contributed by atoms with Gasteiger partial charge in [-0.05, 0) is 17.7 Å². The zero-order valence-electron chi connectivity index (χ0n) is 9.22. The second-order valence-corrected chi connectivity index (χ2v) is 4.37. The highest BCUT2D eigenvalue weighted by Gasteiger charge is 2.36. The lowest BCUT2D eigenvalue weighted by molar-refractivity contribution is -0.138. The Bertz CT molecular complexity index is 445. The van der Waals surface area contributed by atoms with Gasteiger partial charge in [0.15, 0.2) is 0 Å². The van der Waals surface area contributed by atoms with Gasteiger partial charge in [0.25, 0.3) is 0 Å². The van der Waals surface area contributed by atoms with Gasteiger partial charge in [0.2, 0.25) is 0 Å².